The summed E-state index contributed by atoms with van der Waals surface area (Å²) in [6.45, 7) is 2.42. The number of carbonyl (C=O) groups is 2. The molecule has 21 heavy (non-hydrogen) atoms. The van der Waals surface area contributed by atoms with Crippen LogP contribution in [0.5, 0.6) is 0 Å². The number of hydrogen-bond donors (Lipinski definition) is 2. The molecule has 2 atom stereocenters. The first-order valence-electron chi connectivity index (χ1n) is 7.30. The van der Waals surface area contributed by atoms with Crippen LogP contribution < -0.4 is 5.32 Å². The smallest absolute Gasteiger partial charge is 0.310 e. The standard InChI is InChI=1S/C16H21NO4/c1-11(16(19)20)12-4-2-5-13(10-12)17-15(18)8-7-14-6-3-9-21-14/h2,4-5,10-11,14H,3,6-9H2,1H3,(H,17,18)(H,19,20). The molecule has 1 aromatic rings. The van der Waals surface area contributed by atoms with Gasteiger partial charge in [-0.15, -0.1) is 0 Å². The molecule has 114 valence electrons. The number of carboxylic acids is 1. The lowest BCUT2D eigenvalue weighted by Gasteiger charge is -2.11. The van der Waals surface area contributed by atoms with Gasteiger partial charge >= 0.3 is 5.97 Å². The van der Waals surface area contributed by atoms with Crippen LogP contribution in [0.25, 0.3) is 0 Å². The van der Waals surface area contributed by atoms with Gasteiger partial charge in [-0.25, -0.2) is 0 Å². The monoisotopic (exact) mass is 291 g/mol. The van der Waals surface area contributed by atoms with Gasteiger partial charge in [-0.3, -0.25) is 9.59 Å². The minimum absolute atomic E-state index is 0.0642. The molecule has 0 saturated carbocycles. The van der Waals surface area contributed by atoms with Crippen molar-refractivity contribution in [1.29, 1.82) is 0 Å². The molecule has 0 spiro atoms. The van der Waals surface area contributed by atoms with E-state index < -0.39 is 11.9 Å². The molecule has 0 aromatic heterocycles. The van der Waals surface area contributed by atoms with Gasteiger partial charge in [-0.05, 0) is 43.9 Å². The number of rotatable bonds is 6. The second kappa shape index (κ2) is 7.22. The molecule has 1 fully saturated rings. The average Bonchev–Trinajstić information content (AvgIpc) is 2.98. The highest BCUT2D eigenvalue weighted by molar-refractivity contribution is 5.91. The number of ether oxygens (including phenoxy) is 1. The Morgan fingerprint density at radius 3 is 2.95 bits per heavy atom. The van der Waals surface area contributed by atoms with Gasteiger partial charge in [0.15, 0.2) is 0 Å². The second-order valence-electron chi connectivity index (χ2n) is 5.41. The van der Waals surface area contributed by atoms with Gasteiger partial charge < -0.3 is 15.2 Å². The van der Waals surface area contributed by atoms with Crippen molar-refractivity contribution >= 4 is 17.6 Å². The number of aliphatic carboxylic acids is 1. The molecule has 5 nitrogen and oxygen atoms in total. The third-order valence-electron chi connectivity index (χ3n) is 3.76. The molecule has 1 amide bonds. The number of hydrogen-bond acceptors (Lipinski definition) is 3. The molecular formula is C16H21NO4. The van der Waals surface area contributed by atoms with Crippen molar-refractivity contribution < 1.29 is 19.4 Å². The molecule has 0 bridgehead atoms. The topological polar surface area (TPSA) is 75.6 Å². The van der Waals surface area contributed by atoms with E-state index in [-0.39, 0.29) is 12.0 Å². The van der Waals surface area contributed by atoms with Gasteiger partial charge in [0.1, 0.15) is 0 Å². The first-order chi connectivity index (χ1) is 10.1. The fraction of sp³-hybridized carbons (Fsp3) is 0.500. The van der Waals surface area contributed by atoms with Gasteiger partial charge in [-0.1, -0.05) is 12.1 Å². The summed E-state index contributed by atoms with van der Waals surface area (Å²) in [7, 11) is 0. The summed E-state index contributed by atoms with van der Waals surface area (Å²) in [4.78, 5) is 22.9. The van der Waals surface area contributed by atoms with E-state index >= 15 is 0 Å². The normalized spacial score (nSPS) is 19.2. The van der Waals surface area contributed by atoms with Crippen LogP contribution in [0.4, 0.5) is 5.69 Å². The van der Waals surface area contributed by atoms with Gasteiger partial charge in [0.05, 0.1) is 12.0 Å². The maximum absolute atomic E-state index is 11.9. The van der Waals surface area contributed by atoms with E-state index in [4.69, 9.17) is 9.84 Å². The van der Waals surface area contributed by atoms with Gasteiger partial charge in [0.2, 0.25) is 5.91 Å². The van der Waals surface area contributed by atoms with E-state index in [1.54, 1.807) is 31.2 Å². The minimum atomic E-state index is -0.878. The largest absolute Gasteiger partial charge is 0.481 e. The Morgan fingerprint density at radius 2 is 2.29 bits per heavy atom. The van der Waals surface area contributed by atoms with Crippen LogP contribution in [0.2, 0.25) is 0 Å². The molecule has 2 N–H and O–H groups in total. The Kier molecular flexibility index (Phi) is 5.33. The van der Waals surface area contributed by atoms with Crippen molar-refractivity contribution in [3.8, 4) is 0 Å². The molecular weight excluding hydrogens is 270 g/mol. The summed E-state index contributed by atoms with van der Waals surface area (Å²) in [6, 6.07) is 6.98. The number of benzene rings is 1. The Hall–Kier alpha value is -1.88. The number of amides is 1. The zero-order valence-corrected chi connectivity index (χ0v) is 12.2. The molecule has 1 aliphatic rings. The Bertz CT molecular complexity index is 509. The predicted molar refractivity (Wildman–Crippen MR) is 79.3 cm³/mol. The van der Waals surface area contributed by atoms with Gasteiger partial charge in [-0.2, -0.15) is 0 Å². The lowest BCUT2D eigenvalue weighted by molar-refractivity contribution is -0.138. The van der Waals surface area contributed by atoms with Gasteiger partial charge in [0, 0.05) is 18.7 Å². The highest BCUT2D eigenvalue weighted by Crippen LogP contribution is 2.20. The highest BCUT2D eigenvalue weighted by Gasteiger charge is 2.17. The maximum Gasteiger partial charge on any atom is 0.310 e. The minimum Gasteiger partial charge on any atom is -0.481 e. The average molecular weight is 291 g/mol. The zero-order chi connectivity index (χ0) is 15.2. The Labute approximate surface area is 124 Å². The van der Waals surface area contributed by atoms with Crippen LogP contribution in [0.15, 0.2) is 24.3 Å². The summed E-state index contributed by atoms with van der Waals surface area (Å²) in [5.74, 6) is -1.53. The maximum atomic E-state index is 11.9. The Morgan fingerprint density at radius 1 is 1.48 bits per heavy atom. The van der Waals surface area contributed by atoms with E-state index in [1.165, 1.54) is 0 Å². The summed E-state index contributed by atoms with van der Waals surface area (Å²) in [6.07, 6.45) is 3.45. The van der Waals surface area contributed by atoms with Crippen LogP contribution in [-0.4, -0.2) is 29.7 Å². The van der Waals surface area contributed by atoms with Crippen molar-refractivity contribution in [2.24, 2.45) is 0 Å². The van der Waals surface area contributed by atoms with Crippen LogP contribution in [0.3, 0.4) is 0 Å². The number of carbonyl (C=O) groups excluding carboxylic acids is 1. The van der Waals surface area contributed by atoms with Gasteiger partial charge in [0.25, 0.3) is 0 Å². The molecule has 0 aliphatic carbocycles. The van der Waals surface area contributed by atoms with Crippen LogP contribution in [0.1, 0.15) is 44.1 Å². The molecule has 2 rings (SSSR count). The molecule has 1 aromatic carbocycles. The first kappa shape index (κ1) is 15.5. The molecule has 0 radical (unpaired) electrons. The fourth-order valence-corrected chi connectivity index (χ4v) is 2.42. The van der Waals surface area contributed by atoms with Crippen LogP contribution in [0, 0.1) is 0 Å². The third-order valence-corrected chi connectivity index (χ3v) is 3.76. The van der Waals surface area contributed by atoms with E-state index in [2.05, 4.69) is 5.32 Å². The van der Waals surface area contributed by atoms with Crippen LogP contribution >= 0.6 is 0 Å². The number of nitrogens with one attached hydrogen (secondary N) is 1. The first-order valence-corrected chi connectivity index (χ1v) is 7.30. The Balaban J connectivity index is 1.88. The van der Waals surface area contributed by atoms with E-state index in [0.29, 0.717) is 17.7 Å². The molecule has 1 heterocycles. The molecule has 2 unspecified atom stereocenters. The number of carboxylic acid groups (broad SMARTS) is 1. The van der Waals surface area contributed by atoms with Crippen molar-refractivity contribution in [3.63, 3.8) is 0 Å². The predicted octanol–water partition coefficient (Wildman–Crippen LogP) is 2.77. The third kappa shape index (κ3) is 4.56. The lowest BCUT2D eigenvalue weighted by Crippen LogP contribution is -2.15. The van der Waals surface area contributed by atoms with E-state index in [1.807, 2.05) is 0 Å². The lowest BCUT2D eigenvalue weighted by atomic mass is 10.0. The summed E-state index contributed by atoms with van der Waals surface area (Å²) >= 11 is 0. The zero-order valence-electron chi connectivity index (χ0n) is 12.2. The SMILES string of the molecule is CC(C(=O)O)c1cccc(NC(=O)CCC2CCCO2)c1. The summed E-state index contributed by atoms with van der Waals surface area (Å²) in [5, 5.41) is 11.8. The van der Waals surface area contributed by atoms with E-state index in [0.717, 1.165) is 25.9 Å². The van der Waals surface area contributed by atoms with Crippen molar-refractivity contribution in [1.82, 2.24) is 0 Å². The highest BCUT2D eigenvalue weighted by atomic mass is 16.5. The molecule has 1 saturated heterocycles. The van der Waals surface area contributed by atoms with Crippen molar-refractivity contribution in [2.75, 3.05) is 11.9 Å². The number of anilines is 1. The summed E-state index contributed by atoms with van der Waals surface area (Å²) in [5.41, 5.74) is 1.32. The van der Waals surface area contributed by atoms with Crippen LogP contribution in [-0.2, 0) is 14.3 Å². The van der Waals surface area contributed by atoms with E-state index in [9.17, 15) is 9.59 Å². The van der Waals surface area contributed by atoms with Crippen molar-refractivity contribution in [2.45, 2.75) is 44.6 Å². The molecule has 5 heteroatoms. The summed E-state index contributed by atoms with van der Waals surface area (Å²) < 4.78 is 5.49. The fourth-order valence-electron chi connectivity index (χ4n) is 2.42. The van der Waals surface area contributed by atoms with Crippen molar-refractivity contribution in [3.05, 3.63) is 29.8 Å². The molecule has 1 aliphatic heterocycles. The second-order valence-corrected chi connectivity index (χ2v) is 5.41. The quantitative estimate of drug-likeness (QED) is 0.845.